The normalized spacial score (nSPS) is 12.5. The minimum Gasteiger partial charge on any atom is -0.507 e. The maximum absolute atomic E-state index is 13.0. The molecule has 2 aromatic rings. The zero-order valence-corrected chi connectivity index (χ0v) is 14.6. The molecule has 0 aliphatic heterocycles. The van der Waals surface area contributed by atoms with Crippen LogP contribution in [0.5, 0.6) is 23.0 Å². The molecule has 7 nitrogen and oxygen atoms in total. The monoisotopic (exact) mass is 356 g/mol. The predicted octanol–water partition coefficient (Wildman–Crippen LogP) is 2.40. The second-order valence-electron chi connectivity index (χ2n) is 5.92. The van der Waals surface area contributed by atoms with Crippen molar-refractivity contribution in [2.75, 3.05) is 14.2 Å². The van der Waals surface area contributed by atoms with Crippen LogP contribution in [0.1, 0.15) is 54.7 Å². The molecule has 1 aliphatic rings. The van der Waals surface area contributed by atoms with Gasteiger partial charge in [0.1, 0.15) is 23.0 Å². The van der Waals surface area contributed by atoms with Gasteiger partial charge in [0.15, 0.2) is 11.6 Å². The van der Waals surface area contributed by atoms with E-state index in [2.05, 4.69) is 0 Å². The first-order chi connectivity index (χ1) is 12.2. The van der Waals surface area contributed by atoms with Crippen LogP contribution >= 0.6 is 0 Å². The lowest BCUT2D eigenvalue weighted by molar-refractivity contribution is 0.0968. The van der Waals surface area contributed by atoms with Crippen LogP contribution in [0.2, 0.25) is 0 Å². The van der Waals surface area contributed by atoms with Gasteiger partial charge in [-0.15, -0.1) is 0 Å². The number of hydrogen-bond acceptors (Lipinski definition) is 7. The fraction of sp³-hybridized carbons (Fsp3) is 0.211. The largest absolute Gasteiger partial charge is 0.507 e. The second-order valence-corrected chi connectivity index (χ2v) is 5.92. The van der Waals surface area contributed by atoms with Crippen LogP contribution in [0.3, 0.4) is 0 Å². The SMILES string of the molecule is COc1cc(O)c2c(c1)C(=O)c1c(O)c(C)c(C(C)=O)c(OC)c1C2=O. The average molecular weight is 356 g/mol. The van der Waals surface area contributed by atoms with Gasteiger partial charge in [-0.1, -0.05) is 0 Å². The highest BCUT2D eigenvalue weighted by Crippen LogP contribution is 2.45. The van der Waals surface area contributed by atoms with Crippen LogP contribution in [0, 0.1) is 6.92 Å². The number of Topliss-reactive ketones (excluding diaryl/α,β-unsaturated/α-hetero) is 1. The average Bonchev–Trinajstić information content (AvgIpc) is 2.60. The molecule has 0 aromatic heterocycles. The molecule has 0 heterocycles. The lowest BCUT2D eigenvalue weighted by Crippen LogP contribution is -2.24. The molecular formula is C19H16O7. The van der Waals surface area contributed by atoms with Gasteiger partial charge in [-0.3, -0.25) is 14.4 Å². The minimum absolute atomic E-state index is 0.0151. The number of ketones is 3. The number of rotatable bonds is 3. The molecular weight excluding hydrogens is 340 g/mol. The standard InChI is InChI=1S/C19H16O7/c1-7-12(8(2)20)19(26-4)15-14(16(7)22)17(23)10-5-9(25-3)6-11(21)13(10)18(15)24/h5-6,21-22H,1-4H3. The van der Waals surface area contributed by atoms with Crippen LogP contribution in [-0.2, 0) is 0 Å². The first kappa shape index (κ1) is 17.5. The zero-order chi connectivity index (χ0) is 19.3. The van der Waals surface area contributed by atoms with E-state index in [9.17, 15) is 24.6 Å². The van der Waals surface area contributed by atoms with E-state index in [-0.39, 0.29) is 44.9 Å². The smallest absolute Gasteiger partial charge is 0.202 e. The number of methoxy groups -OCH3 is 2. The third-order valence-corrected chi connectivity index (χ3v) is 4.48. The Morgan fingerprint density at radius 1 is 0.962 bits per heavy atom. The topological polar surface area (TPSA) is 110 Å². The van der Waals surface area contributed by atoms with E-state index in [0.29, 0.717) is 0 Å². The van der Waals surface area contributed by atoms with Crippen molar-refractivity contribution in [2.45, 2.75) is 13.8 Å². The molecule has 0 spiro atoms. The van der Waals surface area contributed by atoms with Crippen molar-refractivity contribution in [3.63, 3.8) is 0 Å². The van der Waals surface area contributed by atoms with Crippen LogP contribution < -0.4 is 9.47 Å². The van der Waals surface area contributed by atoms with E-state index in [1.54, 1.807) is 0 Å². The minimum atomic E-state index is -0.718. The van der Waals surface area contributed by atoms with E-state index < -0.39 is 28.8 Å². The molecule has 134 valence electrons. The molecule has 0 amide bonds. The third kappa shape index (κ3) is 2.17. The van der Waals surface area contributed by atoms with Crippen molar-refractivity contribution < 1.29 is 34.1 Å². The maximum atomic E-state index is 13.0. The molecule has 0 unspecified atom stereocenters. The van der Waals surface area contributed by atoms with Crippen LogP contribution in [-0.4, -0.2) is 41.8 Å². The molecule has 0 saturated heterocycles. The maximum Gasteiger partial charge on any atom is 0.202 e. The number of carbonyl (C=O) groups excluding carboxylic acids is 3. The number of aromatic hydroxyl groups is 2. The number of phenols is 2. The van der Waals surface area contributed by atoms with E-state index in [1.165, 1.54) is 40.2 Å². The van der Waals surface area contributed by atoms with Gasteiger partial charge in [0.2, 0.25) is 5.78 Å². The van der Waals surface area contributed by atoms with Gasteiger partial charge in [0.05, 0.1) is 36.5 Å². The zero-order valence-electron chi connectivity index (χ0n) is 14.6. The number of phenolic OH excluding ortho intramolecular Hbond substituents is 2. The molecule has 0 fully saturated rings. The number of benzene rings is 2. The highest BCUT2D eigenvalue weighted by Gasteiger charge is 2.40. The van der Waals surface area contributed by atoms with E-state index in [0.717, 1.165) is 0 Å². The fourth-order valence-corrected chi connectivity index (χ4v) is 3.30. The Bertz CT molecular complexity index is 1000. The quantitative estimate of drug-likeness (QED) is 0.693. The lowest BCUT2D eigenvalue weighted by Gasteiger charge is -2.24. The molecule has 7 heteroatoms. The summed E-state index contributed by atoms with van der Waals surface area (Å²) in [7, 11) is 2.62. The predicted molar refractivity (Wildman–Crippen MR) is 90.9 cm³/mol. The first-order valence-electron chi connectivity index (χ1n) is 7.69. The van der Waals surface area contributed by atoms with Gasteiger partial charge < -0.3 is 19.7 Å². The molecule has 26 heavy (non-hydrogen) atoms. The number of carbonyl (C=O) groups is 3. The highest BCUT2D eigenvalue weighted by molar-refractivity contribution is 6.32. The van der Waals surface area contributed by atoms with Gasteiger partial charge >= 0.3 is 0 Å². The lowest BCUT2D eigenvalue weighted by atomic mass is 9.79. The molecule has 0 radical (unpaired) electrons. The Kier molecular flexibility index (Phi) is 3.95. The summed E-state index contributed by atoms with van der Waals surface area (Å²) in [6.45, 7) is 2.73. The molecule has 0 atom stereocenters. The molecule has 2 aromatic carbocycles. The number of fused-ring (bicyclic) bond motifs is 2. The van der Waals surface area contributed by atoms with E-state index in [4.69, 9.17) is 9.47 Å². The Morgan fingerprint density at radius 2 is 1.62 bits per heavy atom. The van der Waals surface area contributed by atoms with Gasteiger partial charge in [0.25, 0.3) is 0 Å². The van der Waals surface area contributed by atoms with Gasteiger partial charge in [-0.2, -0.15) is 0 Å². The summed E-state index contributed by atoms with van der Waals surface area (Å²) in [6.07, 6.45) is 0. The Balaban J connectivity index is 2.47. The summed E-state index contributed by atoms with van der Waals surface area (Å²) < 4.78 is 10.3. The fourth-order valence-electron chi connectivity index (χ4n) is 3.30. The molecule has 0 saturated carbocycles. The van der Waals surface area contributed by atoms with Crippen molar-refractivity contribution in [3.05, 3.63) is 45.5 Å². The summed E-state index contributed by atoms with van der Waals surface area (Å²) in [5.74, 6) is -2.62. The summed E-state index contributed by atoms with van der Waals surface area (Å²) in [5, 5.41) is 20.8. The summed E-state index contributed by atoms with van der Waals surface area (Å²) >= 11 is 0. The highest BCUT2D eigenvalue weighted by atomic mass is 16.5. The molecule has 3 rings (SSSR count). The van der Waals surface area contributed by atoms with Crippen molar-refractivity contribution in [3.8, 4) is 23.0 Å². The molecule has 2 N–H and O–H groups in total. The molecule has 0 bridgehead atoms. The number of hydrogen-bond donors (Lipinski definition) is 2. The number of ether oxygens (including phenoxy) is 2. The van der Waals surface area contributed by atoms with Gasteiger partial charge in [-0.25, -0.2) is 0 Å². The van der Waals surface area contributed by atoms with Crippen molar-refractivity contribution in [1.29, 1.82) is 0 Å². The Labute approximate surface area is 148 Å². The summed E-state index contributed by atoms with van der Waals surface area (Å²) in [5.41, 5.74) is -0.648. The third-order valence-electron chi connectivity index (χ3n) is 4.48. The van der Waals surface area contributed by atoms with Gasteiger partial charge in [-0.05, 0) is 19.9 Å². The van der Waals surface area contributed by atoms with E-state index >= 15 is 0 Å². The first-order valence-corrected chi connectivity index (χ1v) is 7.69. The van der Waals surface area contributed by atoms with Crippen LogP contribution in [0.15, 0.2) is 12.1 Å². The van der Waals surface area contributed by atoms with Crippen LogP contribution in [0.25, 0.3) is 0 Å². The van der Waals surface area contributed by atoms with Crippen molar-refractivity contribution in [1.82, 2.24) is 0 Å². The molecule has 1 aliphatic carbocycles. The van der Waals surface area contributed by atoms with Crippen molar-refractivity contribution in [2.24, 2.45) is 0 Å². The Morgan fingerprint density at radius 3 is 2.15 bits per heavy atom. The van der Waals surface area contributed by atoms with Crippen LogP contribution in [0.4, 0.5) is 0 Å². The van der Waals surface area contributed by atoms with E-state index in [1.807, 2.05) is 0 Å². The van der Waals surface area contributed by atoms with Crippen molar-refractivity contribution >= 4 is 17.3 Å². The summed E-state index contributed by atoms with van der Waals surface area (Å²) in [4.78, 5) is 38.0. The summed E-state index contributed by atoms with van der Waals surface area (Å²) in [6, 6.07) is 2.53. The Hall–Kier alpha value is -3.35. The van der Waals surface area contributed by atoms with Gasteiger partial charge in [0, 0.05) is 17.2 Å². The second kappa shape index (κ2) is 5.87.